The molecule has 8 heteroatoms. The van der Waals surface area contributed by atoms with Crippen LogP contribution in [0.4, 0.5) is 5.95 Å². The molecule has 29 heavy (non-hydrogen) atoms. The number of ether oxygens (including phenoxy) is 1. The van der Waals surface area contributed by atoms with E-state index in [-0.39, 0.29) is 11.1 Å². The van der Waals surface area contributed by atoms with E-state index < -0.39 is 17.0 Å². The lowest BCUT2D eigenvalue weighted by atomic mass is 9.98. The molecule has 0 aliphatic carbocycles. The molecule has 1 atom stereocenters. The molecule has 1 unspecified atom stereocenters. The first-order valence-electron chi connectivity index (χ1n) is 8.79. The van der Waals surface area contributed by atoms with Crippen molar-refractivity contribution in [2.24, 2.45) is 0 Å². The second-order valence-corrected chi connectivity index (χ2v) is 8.04. The van der Waals surface area contributed by atoms with Gasteiger partial charge in [0.05, 0.1) is 23.3 Å². The molecule has 0 saturated heterocycles. The van der Waals surface area contributed by atoms with Crippen molar-refractivity contribution < 1.29 is 13.7 Å². The number of nitrogens with zero attached hydrogens (tertiary/aromatic N) is 2. The fourth-order valence-electron chi connectivity index (χ4n) is 2.96. The highest BCUT2D eigenvalue weighted by atomic mass is 35.5. The second kappa shape index (κ2) is 8.71. The van der Waals surface area contributed by atoms with Crippen molar-refractivity contribution in [1.82, 2.24) is 9.97 Å². The van der Waals surface area contributed by atoms with Crippen LogP contribution >= 0.6 is 11.6 Å². The Morgan fingerprint density at radius 2 is 1.72 bits per heavy atom. The highest BCUT2D eigenvalue weighted by molar-refractivity contribution is 7.86. The summed E-state index contributed by atoms with van der Waals surface area (Å²) in [6, 6.07) is 12.3. The Hall–Kier alpha value is -2.77. The third-order valence-electron chi connectivity index (χ3n) is 4.46. The van der Waals surface area contributed by atoms with E-state index in [2.05, 4.69) is 14.7 Å². The first-order chi connectivity index (χ1) is 13.8. The summed E-state index contributed by atoms with van der Waals surface area (Å²) in [4.78, 5) is 20.9. The molecule has 0 saturated carbocycles. The molecule has 3 rings (SSSR count). The van der Waals surface area contributed by atoms with E-state index in [0.29, 0.717) is 16.2 Å². The van der Waals surface area contributed by atoms with E-state index in [1.54, 1.807) is 18.2 Å². The lowest BCUT2D eigenvalue weighted by molar-refractivity contribution is 0.0600. The lowest BCUT2D eigenvalue weighted by Crippen LogP contribution is -2.11. The number of esters is 1. The van der Waals surface area contributed by atoms with Gasteiger partial charge >= 0.3 is 5.97 Å². The summed E-state index contributed by atoms with van der Waals surface area (Å²) in [6.07, 6.45) is 0. The Balaban J connectivity index is 1.98. The first kappa shape index (κ1) is 21.0. The molecule has 2 aromatic carbocycles. The molecular formula is C21H20ClN3O3S. The number of rotatable bonds is 5. The van der Waals surface area contributed by atoms with Gasteiger partial charge in [-0.1, -0.05) is 35.9 Å². The number of hydrogen-bond donors (Lipinski definition) is 1. The number of carbonyl (C=O) groups excluding carboxylic acids is 1. The summed E-state index contributed by atoms with van der Waals surface area (Å²) in [5.74, 6) is -0.365. The van der Waals surface area contributed by atoms with E-state index in [1.807, 2.05) is 39.0 Å². The molecule has 0 radical (unpaired) electrons. The third kappa shape index (κ3) is 4.46. The molecule has 150 valence electrons. The van der Waals surface area contributed by atoms with Gasteiger partial charge in [0.2, 0.25) is 5.95 Å². The molecule has 0 aliphatic rings. The molecule has 3 aromatic rings. The second-order valence-electron chi connectivity index (χ2n) is 6.47. The first-order valence-corrected chi connectivity index (χ1v) is 10.3. The van der Waals surface area contributed by atoms with Crippen molar-refractivity contribution in [2.45, 2.75) is 25.7 Å². The Morgan fingerprint density at radius 3 is 2.38 bits per heavy atom. The zero-order valence-electron chi connectivity index (χ0n) is 16.4. The maximum absolute atomic E-state index is 12.8. The van der Waals surface area contributed by atoms with E-state index in [4.69, 9.17) is 16.3 Å². The average molecular weight is 430 g/mol. The number of benzene rings is 2. The van der Waals surface area contributed by atoms with Crippen LogP contribution in [-0.2, 0) is 15.7 Å². The van der Waals surface area contributed by atoms with Gasteiger partial charge in [0.25, 0.3) is 0 Å². The van der Waals surface area contributed by atoms with Crippen molar-refractivity contribution in [3.05, 3.63) is 69.9 Å². The summed E-state index contributed by atoms with van der Waals surface area (Å²) >= 11 is 6.34. The lowest BCUT2D eigenvalue weighted by Gasteiger charge is -2.14. The van der Waals surface area contributed by atoms with Gasteiger partial charge in [0.15, 0.2) is 11.0 Å². The molecule has 0 aliphatic heterocycles. The molecule has 6 nitrogen and oxygen atoms in total. The number of methoxy groups -OCH3 is 1. The van der Waals surface area contributed by atoms with Gasteiger partial charge < -0.3 is 4.74 Å². The highest BCUT2D eigenvalue weighted by Gasteiger charge is 2.17. The Bertz CT molecular complexity index is 1100. The normalized spacial score (nSPS) is 11.8. The van der Waals surface area contributed by atoms with Crippen molar-refractivity contribution in [3.8, 4) is 11.3 Å². The summed E-state index contributed by atoms with van der Waals surface area (Å²) in [7, 11) is -0.402. The van der Waals surface area contributed by atoms with E-state index in [0.717, 1.165) is 22.3 Å². The number of hydrogen-bond acceptors (Lipinski definition) is 5. The summed E-state index contributed by atoms with van der Waals surface area (Å²) in [5.41, 5.74) is 4.81. The average Bonchev–Trinajstić information content (AvgIpc) is 2.70. The molecule has 1 N–H and O–H groups in total. The van der Waals surface area contributed by atoms with Crippen molar-refractivity contribution in [3.63, 3.8) is 0 Å². The minimum Gasteiger partial charge on any atom is -0.465 e. The van der Waals surface area contributed by atoms with Crippen LogP contribution in [0.5, 0.6) is 0 Å². The maximum atomic E-state index is 12.8. The fraction of sp³-hybridized carbons (Fsp3) is 0.190. The minimum absolute atomic E-state index is 0.139. The quantitative estimate of drug-likeness (QED) is 0.471. The summed E-state index contributed by atoms with van der Waals surface area (Å²) < 4.78 is 20.3. The van der Waals surface area contributed by atoms with Crippen LogP contribution < -0.4 is 4.72 Å². The van der Waals surface area contributed by atoms with Crippen LogP contribution in [0.3, 0.4) is 0 Å². The molecule has 0 bridgehead atoms. The van der Waals surface area contributed by atoms with Crippen molar-refractivity contribution >= 4 is 34.5 Å². The number of anilines is 1. The predicted molar refractivity (Wildman–Crippen MR) is 115 cm³/mol. The third-order valence-corrected chi connectivity index (χ3v) is 5.88. The van der Waals surface area contributed by atoms with Crippen molar-refractivity contribution in [2.75, 3.05) is 11.8 Å². The van der Waals surface area contributed by atoms with Crippen LogP contribution in [0.2, 0.25) is 5.15 Å². The summed E-state index contributed by atoms with van der Waals surface area (Å²) in [6.45, 7) is 5.85. The molecule has 0 fully saturated rings. The van der Waals surface area contributed by atoms with Gasteiger partial charge in [0, 0.05) is 11.1 Å². The molecule has 1 aromatic heterocycles. The standard InChI is InChI=1S/C21H20ClN3O3S/c1-12-7-5-8-13(2)17(12)18-14(3)19(22)24-21(23-18)25-29(27)16-10-6-9-15(11-16)20(26)28-4/h5-11H,1-4H3,(H,23,24,25). The van der Waals surface area contributed by atoms with Crippen LogP contribution in [-0.4, -0.2) is 27.3 Å². The van der Waals surface area contributed by atoms with Crippen molar-refractivity contribution in [1.29, 1.82) is 0 Å². The SMILES string of the molecule is COC(=O)c1cccc(S(=O)Nc2nc(Cl)c(C)c(-c3c(C)cccc3C)n2)c1. The highest BCUT2D eigenvalue weighted by Crippen LogP contribution is 2.32. The zero-order valence-corrected chi connectivity index (χ0v) is 18.0. The van der Waals surface area contributed by atoms with E-state index >= 15 is 0 Å². The largest absolute Gasteiger partial charge is 0.465 e. The molecule has 1 heterocycles. The summed E-state index contributed by atoms with van der Waals surface area (Å²) in [5, 5.41) is 0.278. The van der Waals surface area contributed by atoms with Gasteiger partial charge in [0.1, 0.15) is 5.15 Å². The Morgan fingerprint density at radius 1 is 1.07 bits per heavy atom. The maximum Gasteiger partial charge on any atom is 0.337 e. The number of carbonyl (C=O) groups is 1. The number of nitrogens with one attached hydrogen (secondary N) is 1. The minimum atomic E-state index is -1.69. The van der Waals surface area contributed by atoms with Gasteiger partial charge in [-0.3, -0.25) is 4.72 Å². The van der Waals surface area contributed by atoms with Gasteiger partial charge in [-0.15, -0.1) is 0 Å². The molecule has 0 spiro atoms. The van der Waals surface area contributed by atoms with Crippen LogP contribution in [0.25, 0.3) is 11.3 Å². The smallest absolute Gasteiger partial charge is 0.337 e. The van der Waals surface area contributed by atoms with Gasteiger partial charge in [-0.2, -0.15) is 0 Å². The van der Waals surface area contributed by atoms with Crippen LogP contribution in [0, 0.1) is 20.8 Å². The number of halogens is 1. The number of aryl methyl sites for hydroxylation is 2. The van der Waals surface area contributed by atoms with Gasteiger partial charge in [-0.05, 0) is 50.1 Å². The number of aromatic nitrogens is 2. The monoisotopic (exact) mass is 429 g/mol. The van der Waals surface area contributed by atoms with E-state index in [9.17, 15) is 9.00 Å². The molecule has 0 amide bonds. The fourth-order valence-corrected chi connectivity index (χ4v) is 3.95. The Labute approximate surface area is 176 Å². The molecular weight excluding hydrogens is 410 g/mol. The van der Waals surface area contributed by atoms with E-state index in [1.165, 1.54) is 13.2 Å². The Kier molecular flexibility index (Phi) is 6.30. The predicted octanol–water partition coefficient (Wildman–Crippen LogP) is 4.64. The van der Waals surface area contributed by atoms with Crippen LogP contribution in [0.1, 0.15) is 27.0 Å². The van der Waals surface area contributed by atoms with Crippen LogP contribution in [0.15, 0.2) is 47.4 Å². The van der Waals surface area contributed by atoms with Gasteiger partial charge in [-0.25, -0.2) is 19.0 Å². The topological polar surface area (TPSA) is 81.2 Å². The zero-order chi connectivity index (χ0) is 21.1.